The molecule has 1 N–H and O–H groups in total. The second-order valence-electron chi connectivity index (χ2n) is 7.41. The van der Waals surface area contributed by atoms with Crippen molar-refractivity contribution in [3.05, 3.63) is 75.8 Å². The van der Waals surface area contributed by atoms with E-state index < -0.39 is 17.4 Å². The molecule has 32 heavy (non-hydrogen) atoms. The molecule has 6 nitrogen and oxygen atoms in total. The van der Waals surface area contributed by atoms with Crippen molar-refractivity contribution in [1.29, 1.82) is 0 Å². The van der Waals surface area contributed by atoms with E-state index in [0.29, 0.717) is 28.8 Å². The summed E-state index contributed by atoms with van der Waals surface area (Å²) in [6, 6.07) is 13.5. The summed E-state index contributed by atoms with van der Waals surface area (Å²) < 4.78 is 48.0. The average molecular weight is 438 g/mol. The molecule has 0 aliphatic rings. The lowest BCUT2D eigenvalue weighted by molar-refractivity contribution is -0.140. The van der Waals surface area contributed by atoms with Gasteiger partial charge < -0.3 is 9.40 Å². The first-order valence-corrected chi connectivity index (χ1v) is 9.96. The Morgan fingerprint density at radius 1 is 1.06 bits per heavy atom. The van der Waals surface area contributed by atoms with E-state index in [0.717, 1.165) is 10.1 Å². The van der Waals surface area contributed by atoms with E-state index in [-0.39, 0.29) is 22.7 Å². The average Bonchev–Trinajstić information content (AvgIpc) is 3.36. The number of hydrogen-bond acceptors (Lipinski definition) is 4. The Morgan fingerprint density at radius 2 is 1.81 bits per heavy atom. The van der Waals surface area contributed by atoms with E-state index in [9.17, 15) is 18.0 Å². The minimum atomic E-state index is -4.75. The van der Waals surface area contributed by atoms with Crippen LogP contribution in [0.25, 0.3) is 39.3 Å². The minimum Gasteiger partial charge on any atom is -0.436 e. The monoisotopic (exact) mass is 438 g/mol. The molecule has 162 valence electrons. The minimum absolute atomic E-state index is 0.0339. The smallest absolute Gasteiger partial charge is 0.435 e. The number of H-pyrrole nitrogens is 1. The van der Waals surface area contributed by atoms with Crippen LogP contribution < -0.4 is 5.56 Å². The lowest BCUT2D eigenvalue weighted by Gasteiger charge is -2.07. The lowest BCUT2D eigenvalue weighted by atomic mass is 10.1. The summed E-state index contributed by atoms with van der Waals surface area (Å²) in [5, 5.41) is 3.65. The van der Waals surface area contributed by atoms with Gasteiger partial charge in [-0.05, 0) is 30.5 Å². The Hall–Kier alpha value is -3.88. The zero-order chi connectivity index (χ0) is 22.6. The third kappa shape index (κ3) is 3.00. The maximum Gasteiger partial charge on any atom is 0.435 e. The number of oxazole rings is 1. The number of aromatic amines is 1. The molecule has 3 aromatic heterocycles. The molecule has 0 atom stereocenters. The number of nitrogens with zero attached hydrogens (tertiary/aromatic N) is 3. The summed E-state index contributed by atoms with van der Waals surface area (Å²) >= 11 is 0. The predicted octanol–water partition coefficient (Wildman–Crippen LogP) is 5.39. The number of alkyl halides is 3. The summed E-state index contributed by atoms with van der Waals surface area (Å²) in [7, 11) is 0. The van der Waals surface area contributed by atoms with Gasteiger partial charge in [0.25, 0.3) is 5.56 Å². The largest absolute Gasteiger partial charge is 0.436 e. The highest BCUT2D eigenvalue weighted by atomic mass is 19.4. The molecule has 0 saturated heterocycles. The zero-order valence-electron chi connectivity index (χ0n) is 17.1. The molecular weight excluding hydrogens is 421 g/mol. The van der Waals surface area contributed by atoms with Crippen LogP contribution in [0.2, 0.25) is 0 Å². The molecule has 0 unspecified atom stereocenters. The Labute approximate surface area is 179 Å². The lowest BCUT2D eigenvalue weighted by Crippen LogP contribution is -2.20. The van der Waals surface area contributed by atoms with Gasteiger partial charge in [-0.3, -0.25) is 4.79 Å². The van der Waals surface area contributed by atoms with Crippen LogP contribution >= 0.6 is 0 Å². The molecule has 0 aliphatic heterocycles. The number of fused-ring (bicyclic) bond motifs is 2. The fraction of sp³-hybridized carbons (Fsp3) is 0.174. The van der Waals surface area contributed by atoms with E-state index in [4.69, 9.17) is 4.42 Å². The number of aromatic nitrogens is 4. The van der Waals surface area contributed by atoms with Crippen LogP contribution in [-0.2, 0) is 12.6 Å². The number of halogens is 3. The van der Waals surface area contributed by atoms with E-state index in [1.54, 1.807) is 43.3 Å². The first-order valence-electron chi connectivity index (χ1n) is 9.96. The van der Waals surface area contributed by atoms with Gasteiger partial charge in [-0.2, -0.15) is 22.8 Å². The van der Waals surface area contributed by atoms with Gasteiger partial charge in [-0.1, -0.05) is 49.4 Å². The van der Waals surface area contributed by atoms with Gasteiger partial charge in [-0.25, -0.2) is 4.98 Å². The quantitative estimate of drug-likeness (QED) is 0.410. The molecule has 0 spiro atoms. The van der Waals surface area contributed by atoms with Crippen molar-refractivity contribution in [1.82, 2.24) is 19.6 Å². The number of para-hydroxylation sites is 1. The molecule has 9 heteroatoms. The maximum absolute atomic E-state index is 13.8. The van der Waals surface area contributed by atoms with Gasteiger partial charge in [0.2, 0.25) is 5.89 Å². The predicted molar refractivity (Wildman–Crippen MR) is 113 cm³/mol. The summed E-state index contributed by atoms with van der Waals surface area (Å²) in [6.45, 7) is 3.57. The van der Waals surface area contributed by atoms with Crippen LogP contribution in [0.4, 0.5) is 13.2 Å². The van der Waals surface area contributed by atoms with E-state index in [2.05, 4.69) is 15.1 Å². The molecule has 3 heterocycles. The summed E-state index contributed by atoms with van der Waals surface area (Å²) in [5.74, 6) is 0.0341. The first kappa shape index (κ1) is 20.0. The van der Waals surface area contributed by atoms with Crippen molar-refractivity contribution in [2.45, 2.75) is 26.4 Å². The molecule has 0 radical (unpaired) electrons. The fourth-order valence-electron chi connectivity index (χ4n) is 3.91. The summed E-state index contributed by atoms with van der Waals surface area (Å²) in [5.41, 5.74) is 0.614. The fourth-order valence-corrected chi connectivity index (χ4v) is 3.91. The molecule has 0 amide bonds. The normalized spacial score (nSPS) is 12.2. The number of nitrogens with one attached hydrogen (secondary N) is 1. The summed E-state index contributed by atoms with van der Waals surface area (Å²) in [4.78, 5) is 20.7. The van der Waals surface area contributed by atoms with Gasteiger partial charge in [0, 0.05) is 5.69 Å². The standard InChI is InChI=1S/C23H17F3N4O2/c1-3-13-10-7-11-15-18(13)28-21(32-15)16-12(2)27-20-17(14-8-5-4-6-9-14)19(23(24,25)26)29-30(20)22(16)31/h4-11,27H,3H2,1-2H3. The topological polar surface area (TPSA) is 76.2 Å². The van der Waals surface area contributed by atoms with E-state index in [1.165, 1.54) is 0 Å². The van der Waals surface area contributed by atoms with Crippen LogP contribution in [0.3, 0.4) is 0 Å². The molecule has 0 bridgehead atoms. The summed E-state index contributed by atoms with van der Waals surface area (Å²) in [6.07, 6.45) is -4.04. The number of benzene rings is 2. The Balaban J connectivity index is 1.82. The highest BCUT2D eigenvalue weighted by molar-refractivity contribution is 5.82. The highest BCUT2D eigenvalue weighted by Gasteiger charge is 2.39. The second-order valence-corrected chi connectivity index (χ2v) is 7.41. The molecule has 2 aromatic carbocycles. The highest BCUT2D eigenvalue weighted by Crippen LogP contribution is 2.38. The molecule has 0 aliphatic carbocycles. The van der Waals surface area contributed by atoms with Crippen LogP contribution in [0, 0.1) is 6.92 Å². The van der Waals surface area contributed by atoms with Gasteiger partial charge in [0.1, 0.15) is 16.7 Å². The van der Waals surface area contributed by atoms with Gasteiger partial charge >= 0.3 is 6.18 Å². The van der Waals surface area contributed by atoms with Crippen molar-refractivity contribution in [3.8, 4) is 22.6 Å². The van der Waals surface area contributed by atoms with Crippen molar-refractivity contribution >= 4 is 16.7 Å². The number of hydrogen-bond donors (Lipinski definition) is 1. The molecule has 0 fully saturated rings. The van der Waals surface area contributed by atoms with Crippen LogP contribution in [-0.4, -0.2) is 19.6 Å². The van der Waals surface area contributed by atoms with Gasteiger partial charge in [-0.15, -0.1) is 0 Å². The van der Waals surface area contributed by atoms with Gasteiger partial charge in [0.15, 0.2) is 11.3 Å². The zero-order valence-corrected chi connectivity index (χ0v) is 17.1. The third-order valence-electron chi connectivity index (χ3n) is 5.40. The number of aryl methyl sites for hydroxylation is 2. The van der Waals surface area contributed by atoms with Crippen molar-refractivity contribution in [2.75, 3.05) is 0 Å². The third-order valence-corrected chi connectivity index (χ3v) is 5.40. The van der Waals surface area contributed by atoms with E-state index in [1.807, 2.05) is 19.1 Å². The second kappa shape index (κ2) is 7.08. The molecule has 5 rings (SSSR count). The van der Waals surface area contributed by atoms with Crippen molar-refractivity contribution in [3.63, 3.8) is 0 Å². The van der Waals surface area contributed by atoms with Crippen molar-refractivity contribution < 1.29 is 17.6 Å². The Bertz CT molecular complexity index is 1530. The Morgan fingerprint density at radius 3 is 2.50 bits per heavy atom. The van der Waals surface area contributed by atoms with Crippen LogP contribution in [0.5, 0.6) is 0 Å². The molecule has 5 aromatic rings. The maximum atomic E-state index is 13.8. The van der Waals surface area contributed by atoms with Gasteiger partial charge in [0.05, 0.1) is 5.56 Å². The number of rotatable bonds is 3. The van der Waals surface area contributed by atoms with Crippen LogP contribution in [0.15, 0.2) is 57.7 Å². The van der Waals surface area contributed by atoms with Crippen LogP contribution in [0.1, 0.15) is 23.9 Å². The molecule has 0 saturated carbocycles. The van der Waals surface area contributed by atoms with Crippen molar-refractivity contribution in [2.24, 2.45) is 0 Å². The Kier molecular flexibility index (Phi) is 4.44. The van der Waals surface area contributed by atoms with E-state index >= 15 is 0 Å². The first-order chi connectivity index (χ1) is 15.3. The molecular formula is C23H17F3N4O2. The SMILES string of the molecule is CCc1cccc2oc(-c3c(C)[nH]c4c(-c5ccccc5)c(C(F)(F)F)nn4c3=O)nc12.